The molecule has 0 unspecified atom stereocenters. The summed E-state index contributed by atoms with van der Waals surface area (Å²) in [6.07, 6.45) is -3.55. The second-order valence-electron chi connectivity index (χ2n) is 2.59. The minimum atomic E-state index is -1.83. The Morgan fingerprint density at radius 3 is 2.67 bits per heavy atom. The summed E-state index contributed by atoms with van der Waals surface area (Å²) in [5.74, 6) is -2.48. The molecule has 0 amide bonds. The second kappa shape index (κ2) is 7.01. The van der Waals surface area contributed by atoms with E-state index in [4.69, 9.17) is 10.8 Å². The molecule has 0 heterocycles. The molecular formula is C7H10IO6S-. The number of aliphatic hydroxyl groups excluding tert-OH is 1. The summed E-state index contributed by atoms with van der Waals surface area (Å²) in [7, 11) is 0.788. The van der Waals surface area contributed by atoms with Crippen molar-refractivity contribution in [1.82, 2.24) is 0 Å². The number of hydrogen-bond donors (Lipinski definition) is 2. The van der Waals surface area contributed by atoms with Crippen molar-refractivity contribution in [1.29, 1.82) is 0.594 Å². The van der Waals surface area contributed by atoms with E-state index in [9.17, 15) is 14.4 Å². The molecule has 0 aromatic carbocycles. The maximum absolute atomic E-state index is 11.1. The molecule has 15 heavy (non-hydrogen) atoms. The Bertz CT molecular complexity index is 286. The van der Waals surface area contributed by atoms with Crippen LogP contribution >= 0.6 is 8.93 Å². The standard InChI is InChI=1S/C7H10IO6S/c1-3(7(13)15-8)14-5(10)2-4(9)6(11)12/h3-4,8-9H,2H2,1H3,(H,11,12)/q-1/t3-,4-/m0/s1/i8T. The molecule has 0 aliphatic carbocycles. The first-order valence-electron chi connectivity index (χ1n) is 4.19. The van der Waals surface area contributed by atoms with E-state index in [0.717, 1.165) is 8.93 Å². The molecule has 0 spiro atoms. The van der Waals surface area contributed by atoms with Crippen LogP contribution in [0.4, 0.5) is 0 Å². The van der Waals surface area contributed by atoms with Gasteiger partial charge in [0.15, 0.2) is 0 Å². The minimum absolute atomic E-state index is 0.444. The zero-order valence-electron chi connectivity index (χ0n) is 8.68. The number of ether oxygens (including phenoxy) is 1. The van der Waals surface area contributed by atoms with Gasteiger partial charge in [-0.3, -0.25) is 0 Å². The number of carbonyl (C=O) groups is 3. The van der Waals surface area contributed by atoms with Gasteiger partial charge < -0.3 is 0 Å². The maximum atomic E-state index is 11.1. The summed E-state index contributed by atoms with van der Waals surface area (Å²) in [5, 5.41) is 16.7. The van der Waals surface area contributed by atoms with Crippen LogP contribution in [0.2, 0.25) is 0 Å². The van der Waals surface area contributed by atoms with E-state index in [1.807, 2.05) is 0 Å². The number of hydrogen-bond acceptors (Lipinski definition) is 6. The van der Waals surface area contributed by atoms with Gasteiger partial charge in [0.05, 0.1) is 0 Å². The second-order valence-corrected chi connectivity index (χ2v) is 4.46. The molecule has 0 bridgehead atoms. The van der Waals surface area contributed by atoms with Crippen molar-refractivity contribution < 1.29 is 50.3 Å². The molecule has 6 nitrogen and oxygen atoms in total. The summed E-state index contributed by atoms with van der Waals surface area (Å²) in [4.78, 5) is 32.4. The number of carboxylic acid groups (broad SMARTS) is 1. The van der Waals surface area contributed by atoms with E-state index < -0.39 is 56.7 Å². The fourth-order valence-corrected chi connectivity index (χ4v) is 1.85. The topological polar surface area (TPSA) is 101 Å². The predicted molar refractivity (Wildman–Crippen MR) is 47.8 cm³/mol. The number of aliphatic hydroxyl groups is 1. The molecule has 0 radical (unpaired) electrons. The Hall–Kier alpha value is -0.350. The van der Waals surface area contributed by atoms with Crippen molar-refractivity contribution in [3.05, 3.63) is 0 Å². The van der Waals surface area contributed by atoms with Crippen LogP contribution in [0.5, 0.6) is 0 Å². The van der Waals surface area contributed by atoms with E-state index >= 15 is 0 Å². The van der Waals surface area contributed by atoms with E-state index in [1.54, 1.807) is 0 Å². The molecule has 0 aromatic rings. The molecular weight excluding hydrogens is 339 g/mol. The Labute approximate surface area is 102 Å². The molecule has 0 saturated heterocycles. The summed E-state index contributed by atoms with van der Waals surface area (Å²) in [5.41, 5.74) is 0. The summed E-state index contributed by atoms with van der Waals surface area (Å²) < 4.78 is 11.5. The van der Waals surface area contributed by atoms with Crippen molar-refractivity contribution in [3.63, 3.8) is 0 Å². The third kappa shape index (κ3) is 5.95. The predicted octanol–water partition coefficient (Wildman–Crippen LogP) is -3.79. The molecule has 0 aliphatic rings. The molecule has 0 fully saturated rings. The van der Waals surface area contributed by atoms with Gasteiger partial charge in [-0.05, 0) is 0 Å². The van der Waals surface area contributed by atoms with E-state index in [1.165, 1.54) is 6.92 Å². The van der Waals surface area contributed by atoms with Crippen LogP contribution < -0.4 is 21.0 Å². The molecule has 0 rings (SSSR count). The summed E-state index contributed by atoms with van der Waals surface area (Å²) in [6.45, 7) is 1.33. The number of halogens is 1. The van der Waals surface area contributed by atoms with Crippen molar-refractivity contribution in [2.45, 2.75) is 25.6 Å². The first-order chi connectivity index (χ1) is 7.38. The van der Waals surface area contributed by atoms with Crippen molar-refractivity contribution in [2.24, 2.45) is 0 Å². The van der Waals surface area contributed by atoms with E-state index in [2.05, 4.69) is 4.74 Å². The Morgan fingerprint density at radius 1 is 1.60 bits per heavy atom. The third-order valence-electron chi connectivity index (χ3n) is 1.36. The van der Waals surface area contributed by atoms with Crippen molar-refractivity contribution in [2.75, 3.05) is 0 Å². The third-order valence-corrected chi connectivity index (χ3v) is 3.15. The van der Waals surface area contributed by atoms with Crippen LogP contribution in [-0.4, -0.2) is 40.1 Å². The molecule has 2 atom stereocenters. The zero-order chi connectivity index (χ0) is 12.7. The summed E-state index contributed by atoms with van der Waals surface area (Å²) in [6, 6.07) is 0. The average molecular weight is 351 g/mol. The van der Waals surface area contributed by atoms with Crippen molar-refractivity contribution >= 4 is 26.0 Å². The SMILES string of the molecule is [3H][I-]SC(=O)[C@H](C)OC(=O)C[C@H](O)C(=O)O. The van der Waals surface area contributed by atoms with Gasteiger partial charge in [0.25, 0.3) is 0 Å². The Balaban J connectivity index is 4.05. The molecule has 8 heteroatoms. The van der Waals surface area contributed by atoms with Crippen LogP contribution in [0.25, 0.3) is 0 Å². The Kier molecular flexibility index (Phi) is 5.95. The fraction of sp³-hybridized carbons (Fsp3) is 0.571. The van der Waals surface area contributed by atoms with Gasteiger partial charge in [-0.15, -0.1) is 0 Å². The van der Waals surface area contributed by atoms with Crippen LogP contribution in [0.1, 0.15) is 13.3 Å². The molecule has 88 valence electrons. The molecule has 0 saturated carbocycles. The van der Waals surface area contributed by atoms with Gasteiger partial charge in [-0.1, -0.05) is 0 Å². The summed E-state index contributed by atoms with van der Waals surface area (Å²) >= 11 is -1.04. The molecule has 0 aliphatic heterocycles. The van der Waals surface area contributed by atoms with Gasteiger partial charge in [-0.25, -0.2) is 0 Å². The quantitative estimate of drug-likeness (QED) is 0.374. The van der Waals surface area contributed by atoms with Gasteiger partial charge in [-0.2, -0.15) is 0 Å². The van der Waals surface area contributed by atoms with Gasteiger partial charge in [0, 0.05) is 0 Å². The van der Waals surface area contributed by atoms with Gasteiger partial charge in [0.2, 0.25) is 0 Å². The Morgan fingerprint density at radius 2 is 2.20 bits per heavy atom. The number of aliphatic carboxylic acids is 1. The van der Waals surface area contributed by atoms with Crippen LogP contribution in [0.15, 0.2) is 0 Å². The van der Waals surface area contributed by atoms with Crippen LogP contribution in [0.3, 0.4) is 0 Å². The average Bonchev–Trinajstić information content (AvgIpc) is 2.17. The number of esters is 1. The first-order valence-corrected chi connectivity index (χ1v) is 7.17. The van der Waals surface area contributed by atoms with E-state index in [0.29, 0.717) is 0 Å². The number of rotatable bonds is 6. The van der Waals surface area contributed by atoms with Crippen LogP contribution in [-0.2, 0) is 19.1 Å². The normalized spacial score (nSPS) is 15.2. The number of carbonyl (C=O) groups excluding carboxylic acids is 2. The molecule has 2 N–H and O–H groups in total. The molecule has 0 aromatic heterocycles. The monoisotopic (exact) mass is 351 g/mol. The zero-order valence-corrected chi connectivity index (χ0v) is 10.6. The van der Waals surface area contributed by atoms with Gasteiger partial charge in [0.1, 0.15) is 0 Å². The van der Waals surface area contributed by atoms with E-state index in [-0.39, 0.29) is 0 Å². The van der Waals surface area contributed by atoms with Crippen molar-refractivity contribution in [3.8, 4) is 0 Å². The van der Waals surface area contributed by atoms with Crippen LogP contribution in [0, 0.1) is 0 Å². The van der Waals surface area contributed by atoms with Gasteiger partial charge >= 0.3 is 102 Å². The first kappa shape index (κ1) is 12.7. The number of carboxylic acids is 1. The fourth-order valence-electron chi connectivity index (χ4n) is 0.601.